The molecule has 0 aliphatic heterocycles. The lowest BCUT2D eigenvalue weighted by atomic mass is 9.72. The van der Waals surface area contributed by atoms with E-state index in [-0.39, 0.29) is 33.0 Å². The fourth-order valence-corrected chi connectivity index (χ4v) is 4.94. The Morgan fingerprint density at radius 3 is 2.18 bits per heavy atom. The van der Waals surface area contributed by atoms with Crippen LogP contribution >= 0.6 is 11.6 Å². The van der Waals surface area contributed by atoms with Crippen LogP contribution in [0.3, 0.4) is 0 Å². The van der Waals surface area contributed by atoms with E-state index < -0.39 is 46.0 Å². The van der Waals surface area contributed by atoms with Crippen molar-refractivity contribution in [2.24, 2.45) is 0 Å². The number of nitro groups is 1. The van der Waals surface area contributed by atoms with Crippen LogP contribution in [-0.2, 0) is 15.1 Å². The van der Waals surface area contributed by atoms with Crippen LogP contribution in [0.2, 0.25) is 5.02 Å². The maximum absolute atomic E-state index is 13.9. The van der Waals surface area contributed by atoms with Gasteiger partial charge in [0.2, 0.25) is 0 Å². The summed E-state index contributed by atoms with van der Waals surface area (Å²) in [5, 5.41) is 22.5. The standard InChI is InChI=1S/C28H19ClF2N2O6/c29-20-5-10-25(33(38)39)23(16-20)18-11-13-32(26(35)15-18)28(27(36)37,19-3-8-22(31)9-4-19)24(12-14-34)17-1-6-21(30)7-2-17/h1-11,13-16,24H,12H2,(H,36,37). The van der Waals surface area contributed by atoms with Crippen LogP contribution in [0.25, 0.3) is 11.1 Å². The van der Waals surface area contributed by atoms with E-state index in [0.717, 1.165) is 41.1 Å². The summed E-state index contributed by atoms with van der Waals surface area (Å²) >= 11 is 6.03. The van der Waals surface area contributed by atoms with Gasteiger partial charge in [-0.2, -0.15) is 0 Å². The Morgan fingerprint density at radius 1 is 1.03 bits per heavy atom. The Balaban J connectivity index is 2.04. The second kappa shape index (κ2) is 11.0. The van der Waals surface area contributed by atoms with Crippen LogP contribution in [0, 0.1) is 21.7 Å². The largest absolute Gasteiger partial charge is 0.479 e. The minimum atomic E-state index is -2.30. The molecule has 0 saturated heterocycles. The van der Waals surface area contributed by atoms with E-state index in [1.807, 2.05) is 0 Å². The molecule has 0 saturated carbocycles. The Bertz CT molecular complexity index is 1620. The summed E-state index contributed by atoms with van der Waals surface area (Å²) in [5.41, 5.74) is -3.19. The molecule has 39 heavy (non-hydrogen) atoms. The summed E-state index contributed by atoms with van der Waals surface area (Å²) in [6.45, 7) is 0. The molecule has 0 bridgehead atoms. The van der Waals surface area contributed by atoms with Crippen LogP contribution in [0.5, 0.6) is 0 Å². The maximum Gasteiger partial charge on any atom is 0.335 e. The highest BCUT2D eigenvalue weighted by Crippen LogP contribution is 2.43. The number of halogens is 3. The average Bonchev–Trinajstić information content (AvgIpc) is 2.90. The summed E-state index contributed by atoms with van der Waals surface area (Å²) in [6, 6.07) is 15.3. The van der Waals surface area contributed by atoms with Crippen molar-refractivity contribution in [3.63, 3.8) is 0 Å². The summed E-state index contributed by atoms with van der Waals surface area (Å²) in [7, 11) is 0. The molecule has 1 N–H and O–H groups in total. The third kappa shape index (κ3) is 5.06. The Labute approximate surface area is 224 Å². The van der Waals surface area contributed by atoms with E-state index >= 15 is 0 Å². The zero-order chi connectivity index (χ0) is 28.3. The fourth-order valence-electron chi connectivity index (χ4n) is 4.76. The van der Waals surface area contributed by atoms with Crippen molar-refractivity contribution in [3.8, 4) is 11.1 Å². The first-order valence-electron chi connectivity index (χ1n) is 11.5. The summed E-state index contributed by atoms with van der Waals surface area (Å²) in [5.74, 6) is -4.06. The first kappa shape index (κ1) is 27.3. The fraction of sp³-hybridized carbons (Fsp3) is 0.107. The summed E-state index contributed by atoms with van der Waals surface area (Å²) < 4.78 is 28.5. The SMILES string of the molecule is O=CCC(c1ccc(F)cc1)C(C(=O)O)(c1ccc(F)cc1)n1ccc(-c2cc(Cl)ccc2[N+](=O)[O-])cc1=O. The zero-order valence-electron chi connectivity index (χ0n) is 20.0. The number of aliphatic carboxylic acids is 1. The number of pyridine rings is 1. The normalized spacial score (nSPS) is 13.3. The van der Waals surface area contributed by atoms with Crippen LogP contribution in [-0.4, -0.2) is 26.9 Å². The van der Waals surface area contributed by atoms with Gasteiger partial charge in [0.15, 0.2) is 5.54 Å². The topological polar surface area (TPSA) is 120 Å². The van der Waals surface area contributed by atoms with Crippen molar-refractivity contribution in [3.05, 3.63) is 133 Å². The Kier molecular flexibility index (Phi) is 7.68. The zero-order valence-corrected chi connectivity index (χ0v) is 20.7. The van der Waals surface area contributed by atoms with Gasteiger partial charge in [0.05, 0.1) is 10.5 Å². The van der Waals surface area contributed by atoms with E-state index in [4.69, 9.17) is 11.6 Å². The molecule has 198 valence electrons. The number of hydrogen-bond donors (Lipinski definition) is 1. The molecule has 8 nitrogen and oxygen atoms in total. The molecule has 2 unspecified atom stereocenters. The highest BCUT2D eigenvalue weighted by atomic mass is 35.5. The first-order chi connectivity index (χ1) is 18.6. The van der Waals surface area contributed by atoms with Crippen LogP contribution in [0.4, 0.5) is 14.5 Å². The molecule has 4 aromatic rings. The highest BCUT2D eigenvalue weighted by Gasteiger charge is 2.50. The number of hydrogen-bond acceptors (Lipinski definition) is 5. The quantitative estimate of drug-likeness (QED) is 0.165. The van der Waals surface area contributed by atoms with Gasteiger partial charge in [0, 0.05) is 35.7 Å². The van der Waals surface area contributed by atoms with Gasteiger partial charge in [-0.1, -0.05) is 35.9 Å². The van der Waals surface area contributed by atoms with Gasteiger partial charge in [-0.05, 0) is 59.2 Å². The Morgan fingerprint density at radius 2 is 1.64 bits per heavy atom. The third-order valence-corrected chi connectivity index (χ3v) is 6.72. The van der Waals surface area contributed by atoms with Crippen molar-refractivity contribution < 1.29 is 28.4 Å². The van der Waals surface area contributed by atoms with E-state index in [1.165, 1.54) is 48.5 Å². The number of rotatable bonds is 9. The van der Waals surface area contributed by atoms with Gasteiger partial charge in [-0.15, -0.1) is 0 Å². The predicted octanol–water partition coefficient (Wildman–Crippen LogP) is 5.56. The monoisotopic (exact) mass is 552 g/mol. The molecular weight excluding hydrogens is 534 g/mol. The third-order valence-electron chi connectivity index (χ3n) is 6.48. The van der Waals surface area contributed by atoms with Crippen molar-refractivity contribution in [1.29, 1.82) is 0 Å². The second-order valence-electron chi connectivity index (χ2n) is 8.63. The first-order valence-corrected chi connectivity index (χ1v) is 11.8. The minimum absolute atomic E-state index is 0.0300. The number of nitro benzene ring substituents is 1. The summed E-state index contributed by atoms with van der Waals surface area (Å²) in [6.07, 6.45) is 1.22. The number of aromatic nitrogens is 1. The van der Waals surface area contributed by atoms with E-state index in [1.54, 1.807) is 0 Å². The lowest BCUT2D eigenvalue weighted by molar-refractivity contribution is -0.384. The van der Waals surface area contributed by atoms with Gasteiger partial charge in [-0.25, -0.2) is 13.6 Å². The predicted molar refractivity (Wildman–Crippen MR) is 139 cm³/mol. The molecule has 1 aromatic heterocycles. The van der Waals surface area contributed by atoms with Crippen LogP contribution in [0.1, 0.15) is 23.5 Å². The lowest BCUT2D eigenvalue weighted by Gasteiger charge is -2.39. The van der Waals surface area contributed by atoms with Gasteiger partial charge < -0.3 is 9.90 Å². The summed E-state index contributed by atoms with van der Waals surface area (Å²) in [4.78, 5) is 49.6. The lowest BCUT2D eigenvalue weighted by Crippen LogP contribution is -2.52. The number of carbonyl (C=O) groups is 2. The molecular formula is C28H19ClF2N2O6. The molecule has 0 radical (unpaired) electrons. The van der Waals surface area contributed by atoms with E-state index in [9.17, 15) is 38.4 Å². The second-order valence-corrected chi connectivity index (χ2v) is 9.06. The van der Waals surface area contributed by atoms with E-state index in [0.29, 0.717) is 6.29 Å². The van der Waals surface area contributed by atoms with Gasteiger partial charge >= 0.3 is 5.97 Å². The minimum Gasteiger partial charge on any atom is -0.479 e. The van der Waals surface area contributed by atoms with Crippen molar-refractivity contribution in [2.75, 3.05) is 0 Å². The van der Waals surface area contributed by atoms with Crippen molar-refractivity contribution >= 4 is 29.5 Å². The molecule has 0 amide bonds. The van der Waals surface area contributed by atoms with Gasteiger partial charge in [0.25, 0.3) is 11.2 Å². The number of aldehydes is 1. The maximum atomic E-state index is 13.9. The molecule has 0 fully saturated rings. The number of benzene rings is 3. The van der Waals surface area contributed by atoms with Crippen molar-refractivity contribution in [1.82, 2.24) is 4.57 Å². The molecule has 2 atom stereocenters. The van der Waals surface area contributed by atoms with Crippen LogP contribution < -0.4 is 5.56 Å². The number of carboxylic acids is 1. The van der Waals surface area contributed by atoms with Gasteiger partial charge in [0.1, 0.15) is 17.9 Å². The average molecular weight is 553 g/mol. The van der Waals surface area contributed by atoms with E-state index in [2.05, 4.69) is 0 Å². The number of nitrogens with zero attached hydrogens (tertiary/aromatic N) is 2. The Hall–Kier alpha value is -4.70. The number of carboxylic acid groups (broad SMARTS) is 1. The van der Waals surface area contributed by atoms with Crippen molar-refractivity contribution in [2.45, 2.75) is 17.9 Å². The molecule has 1 heterocycles. The molecule has 0 aliphatic rings. The molecule has 0 spiro atoms. The molecule has 0 aliphatic carbocycles. The number of carbonyl (C=O) groups excluding carboxylic acids is 1. The smallest absolute Gasteiger partial charge is 0.335 e. The molecule has 11 heteroatoms. The molecule has 3 aromatic carbocycles. The highest BCUT2D eigenvalue weighted by molar-refractivity contribution is 6.31. The molecule has 4 rings (SSSR count). The van der Waals surface area contributed by atoms with Crippen LogP contribution in [0.15, 0.2) is 89.9 Å². The van der Waals surface area contributed by atoms with Gasteiger partial charge in [-0.3, -0.25) is 19.5 Å².